The lowest BCUT2D eigenvalue weighted by molar-refractivity contribution is 0.413. The summed E-state index contributed by atoms with van der Waals surface area (Å²) in [5, 5.41) is 0. The summed E-state index contributed by atoms with van der Waals surface area (Å²) >= 11 is 0. The third-order valence-electron chi connectivity index (χ3n) is 4.57. The van der Waals surface area contributed by atoms with Crippen LogP contribution in [0.3, 0.4) is 0 Å². The Balaban J connectivity index is 2.21. The Hall–Kier alpha value is -2.36. The smallest absolute Gasteiger partial charge is 0.250 e. The molecule has 0 aromatic heterocycles. The third-order valence-corrected chi connectivity index (χ3v) is 6.11. The second-order valence-corrected chi connectivity index (χ2v) is 9.13. The number of nitrogens with zero attached hydrogens (tertiary/aromatic N) is 1. The Morgan fingerprint density at radius 2 is 1.64 bits per heavy atom. The minimum atomic E-state index is -3.64. The van der Waals surface area contributed by atoms with Gasteiger partial charge in [0.25, 0.3) is 0 Å². The molecule has 0 unspecified atom stereocenters. The van der Waals surface area contributed by atoms with Crippen molar-refractivity contribution in [2.24, 2.45) is 5.92 Å². The minimum Gasteiger partial charge on any atom is -0.497 e. The molecule has 28 heavy (non-hydrogen) atoms. The molecule has 2 atom stereocenters. The van der Waals surface area contributed by atoms with Crippen molar-refractivity contribution in [3.63, 3.8) is 0 Å². The van der Waals surface area contributed by atoms with Gasteiger partial charge in [-0.1, -0.05) is 31.5 Å². The molecule has 0 heterocycles. The van der Waals surface area contributed by atoms with E-state index in [1.54, 1.807) is 31.4 Å². The topological polar surface area (TPSA) is 59.8 Å². The van der Waals surface area contributed by atoms with Crippen LogP contribution in [-0.2, 0) is 10.0 Å². The van der Waals surface area contributed by atoms with Crippen molar-refractivity contribution in [3.05, 3.63) is 71.1 Å². The van der Waals surface area contributed by atoms with E-state index in [1.807, 2.05) is 45.0 Å². The molecule has 0 radical (unpaired) electrons. The Bertz CT molecular complexity index is 898. The lowest BCUT2D eigenvalue weighted by Gasteiger charge is -2.21. The molecule has 0 bridgehead atoms. The zero-order valence-corrected chi connectivity index (χ0v) is 17.7. The molecule has 2 rings (SSSR count). The van der Waals surface area contributed by atoms with E-state index in [9.17, 15) is 8.42 Å². The van der Waals surface area contributed by atoms with E-state index in [4.69, 9.17) is 11.3 Å². The summed E-state index contributed by atoms with van der Waals surface area (Å²) < 4.78 is 33.6. The molecule has 6 heteroatoms. The fraction of sp³-hybridized carbons (Fsp3) is 0.409. The molecule has 0 amide bonds. The first-order valence-electron chi connectivity index (χ1n) is 9.34. The van der Waals surface area contributed by atoms with E-state index in [-0.39, 0.29) is 10.9 Å². The van der Waals surface area contributed by atoms with Gasteiger partial charge in [0.2, 0.25) is 16.1 Å². The highest BCUT2D eigenvalue weighted by atomic mass is 32.2. The second-order valence-electron chi connectivity index (χ2n) is 7.41. The molecule has 5 nitrogen and oxygen atoms in total. The molecule has 1 N–H and O–H groups in total. The van der Waals surface area contributed by atoms with Crippen molar-refractivity contribution in [1.29, 1.82) is 0 Å². The quantitative estimate of drug-likeness (QED) is 0.618. The first-order chi connectivity index (χ1) is 13.2. The number of aryl methyl sites for hydroxylation is 1. The van der Waals surface area contributed by atoms with Crippen LogP contribution >= 0.6 is 0 Å². The molecule has 150 valence electrons. The standard InChI is InChI=1S/C22H28N2O3S/c1-16(2)14-19(24-28(25,26)21-12-6-17(3)7-13-21)15-22(23-4)18-8-10-20(27-5)11-9-18/h6-13,16,19,22,24H,14-15H2,1-3,5H3/t19-,22-/m0/s1. The molecule has 0 aliphatic rings. The number of methoxy groups -OCH3 is 1. The van der Waals surface area contributed by atoms with Gasteiger partial charge in [-0.3, -0.25) is 0 Å². The predicted octanol–water partition coefficient (Wildman–Crippen LogP) is 4.75. The van der Waals surface area contributed by atoms with Crippen molar-refractivity contribution in [3.8, 4) is 5.75 Å². The fourth-order valence-electron chi connectivity index (χ4n) is 3.13. The number of sulfonamides is 1. The maximum atomic E-state index is 12.8. The van der Waals surface area contributed by atoms with Crippen LogP contribution in [0.1, 0.15) is 43.9 Å². The van der Waals surface area contributed by atoms with Gasteiger partial charge in [0.1, 0.15) is 5.75 Å². The highest BCUT2D eigenvalue weighted by molar-refractivity contribution is 7.89. The van der Waals surface area contributed by atoms with Crippen LogP contribution in [0, 0.1) is 19.4 Å². The maximum Gasteiger partial charge on any atom is 0.250 e. The van der Waals surface area contributed by atoms with Crippen LogP contribution in [0.5, 0.6) is 5.75 Å². The molecular weight excluding hydrogens is 372 g/mol. The number of benzene rings is 2. The van der Waals surface area contributed by atoms with Gasteiger partial charge in [0.15, 0.2) is 0 Å². The van der Waals surface area contributed by atoms with Crippen LogP contribution in [0.15, 0.2) is 53.4 Å². The summed E-state index contributed by atoms with van der Waals surface area (Å²) in [6, 6.07) is 13.4. The third kappa shape index (κ3) is 6.08. The first-order valence-corrected chi connectivity index (χ1v) is 10.8. The van der Waals surface area contributed by atoms with E-state index in [2.05, 4.69) is 9.57 Å². The molecule has 2 aromatic carbocycles. The Labute approximate surface area is 168 Å². The van der Waals surface area contributed by atoms with Gasteiger partial charge in [0.05, 0.1) is 12.0 Å². The Morgan fingerprint density at radius 3 is 2.14 bits per heavy atom. The van der Waals surface area contributed by atoms with Gasteiger partial charge in [-0.05, 0) is 55.7 Å². The average molecular weight is 401 g/mol. The van der Waals surface area contributed by atoms with Crippen LogP contribution < -0.4 is 9.46 Å². The van der Waals surface area contributed by atoms with Crippen LogP contribution in [-0.4, -0.2) is 21.6 Å². The number of nitrogens with one attached hydrogen (secondary N) is 1. The monoisotopic (exact) mass is 400 g/mol. The maximum absolute atomic E-state index is 12.8. The highest BCUT2D eigenvalue weighted by Gasteiger charge is 2.27. The Morgan fingerprint density at radius 1 is 1.04 bits per heavy atom. The molecule has 0 fully saturated rings. The van der Waals surface area contributed by atoms with E-state index in [0.717, 1.165) is 16.9 Å². The van der Waals surface area contributed by atoms with Crippen molar-refractivity contribution in [2.45, 2.75) is 50.6 Å². The number of hydrogen-bond donors (Lipinski definition) is 1. The van der Waals surface area contributed by atoms with E-state index in [0.29, 0.717) is 18.8 Å². The zero-order valence-electron chi connectivity index (χ0n) is 16.8. The van der Waals surface area contributed by atoms with E-state index in [1.165, 1.54) is 0 Å². The number of hydrogen-bond acceptors (Lipinski definition) is 3. The second kappa shape index (κ2) is 9.72. The lowest BCUT2D eigenvalue weighted by Crippen LogP contribution is -2.36. The predicted molar refractivity (Wildman–Crippen MR) is 112 cm³/mol. The molecule has 0 aliphatic heterocycles. The lowest BCUT2D eigenvalue weighted by atomic mass is 9.95. The average Bonchev–Trinajstić information content (AvgIpc) is 2.65. The summed E-state index contributed by atoms with van der Waals surface area (Å²) in [6.07, 6.45) is 1.08. The highest BCUT2D eigenvalue weighted by Crippen LogP contribution is 2.27. The molecule has 2 aromatic rings. The minimum absolute atomic E-state index is 0.246. The van der Waals surface area contributed by atoms with Crippen molar-refractivity contribution in [2.75, 3.05) is 7.11 Å². The molecule has 0 aliphatic carbocycles. The van der Waals surface area contributed by atoms with Crippen molar-refractivity contribution in [1.82, 2.24) is 4.72 Å². The van der Waals surface area contributed by atoms with Crippen molar-refractivity contribution < 1.29 is 13.2 Å². The van der Waals surface area contributed by atoms with Gasteiger partial charge < -0.3 is 9.58 Å². The van der Waals surface area contributed by atoms with Gasteiger partial charge in [0, 0.05) is 18.0 Å². The molecule has 0 saturated carbocycles. The SMILES string of the molecule is [C-]#[N+][C@@H](C[C@H](CC(C)C)NS(=O)(=O)c1ccc(C)cc1)c1ccc(OC)cc1. The Kier molecular flexibility index (Phi) is 7.61. The first kappa shape index (κ1) is 21.9. The van der Waals surface area contributed by atoms with Gasteiger partial charge >= 0.3 is 0 Å². The summed E-state index contributed by atoms with van der Waals surface area (Å²) in [5.41, 5.74) is 1.87. The normalized spacial score (nSPS) is 13.7. The van der Waals surface area contributed by atoms with Crippen LogP contribution in [0.2, 0.25) is 0 Å². The summed E-state index contributed by atoms with van der Waals surface area (Å²) in [5.74, 6) is 1.03. The largest absolute Gasteiger partial charge is 0.497 e. The van der Waals surface area contributed by atoms with Crippen molar-refractivity contribution >= 4 is 10.0 Å². The van der Waals surface area contributed by atoms with Crippen LogP contribution in [0.25, 0.3) is 4.85 Å². The fourth-order valence-corrected chi connectivity index (χ4v) is 4.39. The van der Waals surface area contributed by atoms with Gasteiger partial charge in [-0.15, -0.1) is 0 Å². The van der Waals surface area contributed by atoms with E-state index < -0.39 is 16.1 Å². The molecule has 0 saturated heterocycles. The van der Waals surface area contributed by atoms with Gasteiger partial charge in [-0.2, -0.15) is 0 Å². The number of rotatable bonds is 9. The summed E-state index contributed by atoms with van der Waals surface area (Å²) in [4.78, 5) is 4.00. The summed E-state index contributed by atoms with van der Waals surface area (Å²) in [6.45, 7) is 13.6. The molecular formula is C22H28N2O3S. The zero-order chi connectivity index (χ0) is 20.7. The summed E-state index contributed by atoms with van der Waals surface area (Å²) in [7, 11) is -2.04. The number of ether oxygens (including phenoxy) is 1. The molecule has 0 spiro atoms. The van der Waals surface area contributed by atoms with Gasteiger partial charge in [-0.25, -0.2) is 19.7 Å². The van der Waals surface area contributed by atoms with Crippen LogP contribution in [0.4, 0.5) is 0 Å². The van der Waals surface area contributed by atoms with E-state index >= 15 is 0 Å².